The Morgan fingerprint density at radius 1 is 1.23 bits per heavy atom. The smallest absolute Gasteiger partial charge is 0.276 e. The number of amides is 1. The molecular weight excluding hydrogens is 399 g/mol. The number of halogens is 2. The molecule has 1 aromatic heterocycles. The fourth-order valence-electron chi connectivity index (χ4n) is 2.65. The first-order chi connectivity index (χ1) is 12.5. The van der Waals surface area contributed by atoms with E-state index in [4.69, 9.17) is 4.42 Å². The van der Waals surface area contributed by atoms with Gasteiger partial charge in [-0.15, -0.1) is 0 Å². The molecule has 0 atom stereocenters. The predicted molar refractivity (Wildman–Crippen MR) is 101 cm³/mol. The topological polar surface area (TPSA) is 46.3 Å². The van der Waals surface area contributed by atoms with Gasteiger partial charge < -0.3 is 9.32 Å². The molecule has 0 aliphatic heterocycles. The number of carbonyl (C=O) groups excluding carboxylic acids is 1. The van der Waals surface area contributed by atoms with Crippen molar-refractivity contribution in [3.8, 4) is 11.5 Å². The molecule has 1 heterocycles. The summed E-state index contributed by atoms with van der Waals surface area (Å²) in [5.41, 5.74) is 1.50. The number of hydrogen-bond donors (Lipinski definition) is 0. The highest BCUT2D eigenvalue weighted by atomic mass is 79.9. The van der Waals surface area contributed by atoms with Gasteiger partial charge in [-0.1, -0.05) is 34.1 Å². The third-order valence-corrected chi connectivity index (χ3v) is 4.55. The first kappa shape index (κ1) is 18.3. The number of oxazole rings is 1. The first-order valence-corrected chi connectivity index (χ1v) is 9.05. The fourth-order valence-corrected chi connectivity index (χ4v) is 3.05. The zero-order chi connectivity index (χ0) is 18.7. The molecular formula is C20H18BrFN2O2. The van der Waals surface area contributed by atoms with Crippen LogP contribution in [-0.2, 0) is 6.54 Å². The molecule has 134 valence electrons. The highest BCUT2D eigenvalue weighted by Gasteiger charge is 2.23. The Morgan fingerprint density at radius 2 is 1.96 bits per heavy atom. The van der Waals surface area contributed by atoms with Gasteiger partial charge in [-0.25, -0.2) is 9.37 Å². The minimum atomic E-state index is -0.346. The summed E-state index contributed by atoms with van der Waals surface area (Å²) in [6, 6.07) is 14.1. The molecule has 2 aromatic carbocycles. The van der Waals surface area contributed by atoms with Crippen molar-refractivity contribution in [1.29, 1.82) is 0 Å². The number of aryl methyl sites for hydroxylation is 1. The maximum atomic E-state index is 14.0. The normalized spacial score (nSPS) is 10.8. The van der Waals surface area contributed by atoms with Crippen molar-refractivity contribution in [3.05, 3.63) is 75.8 Å². The van der Waals surface area contributed by atoms with Gasteiger partial charge in [-0.3, -0.25) is 4.79 Å². The van der Waals surface area contributed by atoms with Gasteiger partial charge in [0.1, 0.15) is 11.6 Å². The quantitative estimate of drug-likeness (QED) is 0.572. The Kier molecular flexibility index (Phi) is 5.52. The fraction of sp³-hybridized carbons (Fsp3) is 0.200. The van der Waals surface area contributed by atoms with Crippen LogP contribution in [0.3, 0.4) is 0 Å². The Labute approximate surface area is 159 Å². The summed E-state index contributed by atoms with van der Waals surface area (Å²) >= 11 is 3.33. The van der Waals surface area contributed by atoms with E-state index in [1.807, 2.05) is 37.3 Å². The van der Waals surface area contributed by atoms with Crippen molar-refractivity contribution >= 4 is 21.8 Å². The summed E-state index contributed by atoms with van der Waals surface area (Å²) in [5.74, 6) is 0.217. The van der Waals surface area contributed by atoms with Crippen LogP contribution in [0.25, 0.3) is 11.5 Å². The van der Waals surface area contributed by atoms with E-state index >= 15 is 0 Å². The number of carbonyl (C=O) groups is 1. The second-order valence-corrected chi connectivity index (χ2v) is 6.76. The van der Waals surface area contributed by atoms with E-state index in [0.717, 1.165) is 10.0 Å². The van der Waals surface area contributed by atoms with Crippen LogP contribution < -0.4 is 0 Å². The highest BCUT2D eigenvalue weighted by molar-refractivity contribution is 9.10. The lowest BCUT2D eigenvalue weighted by atomic mass is 10.2. The van der Waals surface area contributed by atoms with Crippen molar-refractivity contribution in [2.24, 2.45) is 0 Å². The molecule has 4 nitrogen and oxygen atoms in total. The van der Waals surface area contributed by atoms with E-state index in [-0.39, 0.29) is 24.0 Å². The van der Waals surface area contributed by atoms with Gasteiger partial charge in [0.15, 0.2) is 5.69 Å². The summed E-state index contributed by atoms with van der Waals surface area (Å²) < 4.78 is 20.5. The van der Waals surface area contributed by atoms with Crippen molar-refractivity contribution in [1.82, 2.24) is 9.88 Å². The van der Waals surface area contributed by atoms with Gasteiger partial charge in [0, 0.05) is 28.7 Å². The molecule has 0 N–H and O–H groups in total. The van der Waals surface area contributed by atoms with E-state index in [2.05, 4.69) is 20.9 Å². The Hall–Kier alpha value is -2.47. The molecule has 0 spiro atoms. The van der Waals surface area contributed by atoms with E-state index in [0.29, 0.717) is 23.8 Å². The van der Waals surface area contributed by atoms with Crippen LogP contribution >= 0.6 is 15.9 Å². The van der Waals surface area contributed by atoms with Crippen molar-refractivity contribution in [2.45, 2.75) is 20.4 Å². The molecule has 3 aromatic rings. The standard InChI is InChI=1S/C20H18BrFN2O2/c1-3-24(12-15-11-16(21)9-10-17(15)22)20(25)18-13(2)26-19(23-18)14-7-5-4-6-8-14/h4-11H,3,12H2,1-2H3. The lowest BCUT2D eigenvalue weighted by Crippen LogP contribution is -2.31. The largest absolute Gasteiger partial charge is 0.441 e. The highest BCUT2D eigenvalue weighted by Crippen LogP contribution is 2.23. The molecule has 0 bridgehead atoms. The van der Waals surface area contributed by atoms with Crippen LogP contribution in [0.4, 0.5) is 4.39 Å². The minimum absolute atomic E-state index is 0.160. The maximum absolute atomic E-state index is 14.0. The molecule has 0 unspecified atom stereocenters. The monoisotopic (exact) mass is 416 g/mol. The SMILES string of the molecule is CCN(Cc1cc(Br)ccc1F)C(=O)c1nc(-c2ccccc2)oc1C. The third-order valence-electron chi connectivity index (χ3n) is 4.06. The number of hydrogen-bond acceptors (Lipinski definition) is 3. The van der Waals surface area contributed by atoms with Crippen LogP contribution in [0.15, 0.2) is 57.4 Å². The molecule has 26 heavy (non-hydrogen) atoms. The van der Waals surface area contributed by atoms with Gasteiger partial charge in [-0.2, -0.15) is 0 Å². The van der Waals surface area contributed by atoms with E-state index in [1.165, 1.54) is 6.07 Å². The van der Waals surface area contributed by atoms with Crippen molar-refractivity contribution < 1.29 is 13.6 Å². The summed E-state index contributed by atoms with van der Waals surface area (Å²) in [5, 5.41) is 0. The number of nitrogens with zero attached hydrogens (tertiary/aromatic N) is 2. The van der Waals surface area contributed by atoms with Gasteiger partial charge in [0.25, 0.3) is 5.91 Å². The second kappa shape index (κ2) is 7.83. The maximum Gasteiger partial charge on any atom is 0.276 e. The Bertz CT molecular complexity index is 925. The Morgan fingerprint density at radius 3 is 2.65 bits per heavy atom. The van der Waals surface area contributed by atoms with Crippen LogP contribution in [0.5, 0.6) is 0 Å². The summed E-state index contributed by atoms with van der Waals surface area (Å²) in [6.45, 7) is 4.15. The molecule has 0 radical (unpaired) electrons. The molecule has 0 fully saturated rings. The average Bonchev–Trinajstić information content (AvgIpc) is 3.04. The number of rotatable bonds is 5. The van der Waals surface area contributed by atoms with Crippen LogP contribution in [-0.4, -0.2) is 22.3 Å². The predicted octanol–water partition coefficient (Wildman–Crippen LogP) is 5.21. The lowest BCUT2D eigenvalue weighted by Gasteiger charge is -2.20. The van der Waals surface area contributed by atoms with Gasteiger partial charge in [-0.05, 0) is 44.2 Å². The van der Waals surface area contributed by atoms with Gasteiger partial charge >= 0.3 is 0 Å². The van der Waals surface area contributed by atoms with Crippen LogP contribution in [0.2, 0.25) is 0 Å². The third kappa shape index (κ3) is 3.85. The molecule has 6 heteroatoms. The van der Waals surface area contributed by atoms with Gasteiger partial charge in [0.05, 0.1) is 0 Å². The van der Waals surface area contributed by atoms with Crippen LogP contribution in [0.1, 0.15) is 28.7 Å². The zero-order valence-electron chi connectivity index (χ0n) is 14.5. The summed E-state index contributed by atoms with van der Waals surface area (Å²) in [6.07, 6.45) is 0. The molecule has 0 aliphatic carbocycles. The molecule has 1 amide bonds. The lowest BCUT2D eigenvalue weighted by molar-refractivity contribution is 0.0744. The summed E-state index contributed by atoms with van der Waals surface area (Å²) in [7, 11) is 0. The second-order valence-electron chi connectivity index (χ2n) is 5.84. The van der Waals surface area contributed by atoms with Gasteiger partial charge in [0.2, 0.25) is 5.89 Å². The minimum Gasteiger partial charge on any atom is -0.441 e. The zero-order valence-corrected chi connectivity index (χ0v) is 16.1. The van der Waals surface area contributed by atoms with E-state index in [1.54, 1.807) is 24.0 Å². The number of benzene rings is 2. The number of aromatic nitrogens is 1. The van der Waals surface area contributed by atoms with Crippen molar-refractivity contribution in [3.63, 3.8) is 0 Å². The molecule has 0 saturated carbocycles. The molecule has 3 rings (SSSR count). The van der Waals surface area contributed by atoms with Crippen LogP contribution in [0, 0.1) is 12.7 Å². The summed E-state index contributed by atoms with van der Waals surface area (Å²) in [4.78, 5) is 18.8. The molecule has 0 aliphatic rings. The van der Waals surface area contributed by atoms with E-state index < -0.39 is 0 Å². The van der Waals surface area contributed by atoms with Crippen molar-refractivity contribution in [2.75, 3.05) is 6.54 Å². The molecule has 0 saturated heterocycles. The first-order valence-electron chi connectivity index (χ1n) is 8.25. The average molecular weight is 417 g/mol. The van der Waals surface area contributed by atoms with E-state index in [9.17, 15) is 9.18 Å². The Balaban J connectivity index is 1.87.